The van der Waals surface area contributed by atoms with E-state index in [0.29, 0.717) is 12.0 Å². The van der Waals surface area contributed by atoms with Crippen molar-refractivity contribution in [3.05, 3.63) is 41.4 Å². The van der Waals surface area contributed by atoms with E-state index in [1.165, 1.54) is 37.3 Å². The first-order valence-corrected chi connectivity index (χ1v) is 9.10. The number of piperidine rings is 3. The highest BCUT2D eigenvalue weighted by Crippen LogP contribution is 2.33. The van der Waals surface area contributed by atoms with Crippen LogP contribution in [0.15, 0.2) is 36.5 Å². The van der Waals surface area contributed by atoms with Crippen molar-refractivity contribution in [2.24, 2.45) is 5.92 Å². The number of hydrogen-bond donors (Lipinski definition) is 1. The molecule has 2 bridgehead atoms. The lowest BCUT2D eigenvalue weighted by Gasteiger charge is -2.49. The third-order valence-corrected chi connectivity index (χ3v) is 6.33. The molecule has 1 amide bonds. The van der Waals surface area contributed by atoms with Crippen molar-refractivity contribution < 1.29 is 4.79 Å². The summed E-state index contributed by atoms with van der Waals surface area (Å²) in [6.45, 7) is 4.60. The molecule has 3 fully saturated rings. The molecule has 23 heavy (non-hydrogen) atoms. The molecule has 120 valence electrons. The zero-order chi connectivity index (χ0) is 15.8. The fourth-order valence-corrected chi connectivity index (χ4v) is 4.76. The smallest absolute Gasteiger partial charge is 0.261 e. The van der Waals surface area contributed by atoms with Gasteiger partial charge >= 0.3 is 0 Å². The molecule has 3 aliphatic rings. The van der Waals surface area contributed by atoms with Gasteiger partial charge in [-0.15, -0.1) is 11.3 Å². The Morgan fingerprint density at radius 3 is 2.78 bits per heavy atom. The molecule has 0 spiro atoms. The Bertz CT molecular complexity index is 689. The maximum absolute atomic E-state index is 12.6. The number of carbonyl (C=O) groups is 1. The quantitative estimate of drug-likeness (QED) is 0.942. The first-order chi connectivity index (χ1) is 11.2. The molecular weight excluding hydrogens is 307 g/mol. The molecule has 0 unspecified atom stereocenters. The minimum absolute atomic E-state index is 0.0581. The van der Waals surface area contributed by atoms with Crippen LogP contribution in [0.1, 0.15) is 29.4 Å². The number of rotatable bonds is 3. The van der Waals surface area contributed by atoms with E-state index in [2.05, 4.69) is 22.1 Å². The number of nitrogens with one attached hydrogen (secondary N) is 1. The number of amides is 1. The molecule has 2 atom stereocenters. The van der Waals surface area contributed by atoms with Crippen LogP contribution in [0, 0.1) is 5.92 Å². The van der Waals surface area contributed by atoms with Crippen LogP contribution in [0.2, 0.25) is 0 Å². The zero-order valence-electron chi connectivity index (χ0n) is 13.2. The van der Waals surface area contributed by atoms with E-state index < -0.39 is 0 Å². The number of fused-ring (bicyclic) bond motifs is 3. The monoisotopic (exact) mass is 328 g/mol. The fraction of sp³-hybridized carbons (Fsp3) is 0.444. The van der Waals surface area contributed by atoms with Crippen molar-refractivity contribution >= 4 is 17.2 Å². The Morgan fingerprint density at radius 2 is 2.09 bits per heavy atom. The normalized spacial score (nSPS) is 29.4. The van der Waals surface area contributed by atoms with E-state index in [0.717, 1.165) is 15.4 Å². The van der Waals surface area contributed by atoms with Gasteiger partial charge < -0.3 is 5.32 Å². The van der Waals surface area contributed by atoms with Crippen LogP contribution in [-0.2, 0) is 0 Å². The van der Waals surface area contributed by atoms with Crippen molar-refractivity contribution in [1.29, 1.82) is 0 Å². The maximum atomic E-state index is 12.6. The van der Waals surface area contributed by atoms with Gasteiger partial charge in [-0.1, -0.05) is 6.07 Å². The molecule has 0 aromatic carbocycles. The van der Waals surface area contributed by atoms with Crippen LogP contribution >= 0.6 is 11.3 Å². The molecule has 1 N–H and O–H groups in total. The summed E-state index contributed by atoms with van der Waals surface area (Å²) < 4.78 is 0. The lowest BCUT2D eigenvalue weighted by atomic mass is 9.79. The number of pyridine rings is 1. The van der Waals surface area contributed by atoms with Gasteiger partial charge in [0.2, 0.25) is 0 Å². The van der Waals surface area contributed by atoms with E-state index in [4.69, 9.17) is 0 Å². The van der Waals surface area contributed by atoms with Crippen LogP contribution in [0.4, 0.5) is 0 Å². The van der Waals surface area contributed by atoms with E-state index in [-0.39, 0.29) is 11.9 Å². The van der Waals surface area contributed by atoms with Crippen molar-refractivity contribution in [3.63, 3.8) is 0 Å². The second kappa shape index (κ2) is 6.06. The van der Waals surface area contributed by atoms with E-state index >= 15 is 0 Å². The number of thiophene rings is 1. The Morgan fingerprint density at radius 1 is 1.26 bits per heavy atom. The molecule has 2 aromatic heterocycles. The van der Waals surface area contributed by atoms with Gasteiger partial charge in [-0.05, 0) is 63.0 Å². The summed E-state index contributed by atoms with van der Waals surface area (Å²) >= 11 is 1.52. The van der Waals surface area contributed by atoms with Gasteiger partial charge in [-0.2, -0.15) is 0 Å². The summed E-state index contributed by atoms with van der Waals surface area (Å²) in [5.41, 5.74) is 0.924. The molecule has 4 nitrogen and oxygen atoms in total. The molecule has 0 saturated carbocycles. The van der Waals surface area contributed by atoms with E-state index in [1.807, 2.05) is 30.3 Å². The van der Waals surface area contributed by atoms with Crippen LogP contribution < -0.4 is 5.32 Å². The SMILES string of the molecule is C[C@H]1[C@H](NC(=O)[13c]2ccc(-c3ccccn3)s2)C2CCN1CC2. The van der Waals surface area contributed by atoms with Crippen molar-refractivity contribution in [1.82, 2.24) is 15.2 Å². The predicted octanol–water partition coefficient (Wildman–Crippen LogP) is 3.02. The zero-order valence-corrected chi connectivity index (χ0v) is 14.1. The van der Waals surface area contributed by atoms with Gasteiger partial charge in [-0.25, -0.2) is 0 Å². The molecule has 5 heteroatoms. The Labute approximate surface area is 140 Å². The summed E-state index contributed by atoms with van der Waals surface area (Å²) in [6, 6.07) is 10.5. The van der Waals surface area contributed by atoms with Crippen molar-refractivity contribution in [2.45, 2.75) is 31.8 Å². The Balaban J connectivity index is 1.49. The first-order valence-electron chi connectivity index (χ1n) is 8.28. The maximum Gasteiger partial charge on any atom is 0.261 e. The van der Waals surface area contributed by atoms with Crippen LogP contribution in [0.5, 0.6) is 0 Å². The highest BCUT2D eigenvalue weighted by Gasteiger charge is 2.40. The summed E-state index contributed by atoms with van der Waals surface area (Å²) in [7, 11) is 0. The molecule has 3 saturated heterocycles. The van der Waals surface area contributed by atoms with E-state index in [9.17, 15) is 4.79 Å². The average molecular weight is 328 g/mol. The fourth-order valence-electron chi connectivity index (χ4n) is 3.87. The topological polar surface area (TPSA) is 45.2 Å². The predicted molar refractivity (Wildman–Crippen MR) is 92.6 cm³/mol. The van der Waals surface area contributed by atoms with Gasteiger partial charge in [-0.3, -0.25) is 14.7 Å². The Kier molecular flexibility index (Phi) is 3.91. The Hall–Kier alpha value is -1.72. The number of hydrogen-bond acceptors (Lipinski definition) is 4. The molecule has 5 rings (SSSR count). The lowest BCUT2D eigenvalue weighted by molar-refractivity contribution is 0.0218. The highest BCUT2D eigenvalue weighted by molar-refractivity contribution is 7.17. The summed E-state index contributed by atoms with van der Waals surface area (Å²) in [4.78, 5) is 21.3. The first kappa shape index (κ1) is 14.8. The highest BCUT2D eigenvalue weighted by atomic mass is 32.1. The van der Waals surface area contributed by atoms with E-state index in [1.54, 1.807) is 6.20 Å². The van der Waals surface area contributed by atoms with Gasteiger partial charge in [0.05, 0.1) is 15.4 Å². The second-order valence-corrected chi connectivity index (χ2v) is 7.58. The minimum Gasteiger partial charge on any atom is -0.347 e. The molecular formula is C18H21N3OS. The molecule has 0 aliphatic carbocycles. The van der Waals surface area contributed by atoms with Gasteiger partial charge in [0.25, 0.3) is 5.91 Å². The molecule has 0 radical (unpaired) electrons. The summed E-state index contributed by atoms with van der Waals surface area (Å²) in [6.07, 6.45) is 4.20. The van der Waals surface area contributed by atoms with Crippen molar-refractivity contribution in [3.8, 4) is 10.6 Å². The van der Waals surface area contributed by atoms with Gasteiger partial charge in [0, 0.05) is 18.3 Å². The molecule has 5 heterocycles. The second-order valence-electron chi connectivity index (χ2n) is 6.49. The van der Waals surface area contributed by atoms with Crippen LogP contribution in [0.3, 0.4) is 0 Å². The minimum atomic E-state index is 0.0581. The number of carbonyl (C=O) groups excluding carboxylic acids is 1. The van der Waals surface area contributed by atoms with Crippen molar-refractivity contribution in [2.75, 3.05) is 13.1 Å². The molecule has 2 aromatic rings. The summed E-state index contributed by atoms with van der Waals surface area (Å²) in [5, 5.41) is 3.29. The summed E-state index contributed by atoms with van der Waals surface area (Å²) in [5.74, 6) is 0.692. The number of nitrogens with zero attached hydrogens (tertiary/aromatic N) is 2. The lowest BCUT2D eigenvalue weighted by Crippen LogP contribution is -2.62. The largest absolute Gasteiger partial charge is 0.347 e. The average Bonchev–Trinajstić information content (AvgIpc) is 3.09. The third-order valence-electron chi connectivity index (χ3n) is 5.22. The molecule has 3 aliphatic heterocycles. The van der Waals surface area contributed by atoms with Crippen LogP contribution in [-0.4, -0.2) is 41.0 Å². The van der Waals surface area contributed by atoms with Crippen LogP contribution in [0.25, 0.3) is 10.6 Å². The third kappa shape index (κ3) is 2.79. The van der Waals surface area contributed by atoms with Gasteiger partial charge in [0.1, 0.15) is 0 Å². The van der Waals surface area contributed by atoms with Gasteiger partial charge in [0.15, 0.2) is 0 Å². The standard InChI is InChI=1S/C18H21N3OS/c1-12-17(13-7-10-21(12)11-8-13)20-18(22)16-6-5-15(23-16)14-4-2-3-9-19-14/h2-6,9,12-13,17H,7-8,10-11H2,1H3,(H,20,22)/t12-,17-/m0/s1/i16+1. The number of aromatic nitrogens is 1.